The monoisotopic (exact) mass is 281 g/mol. The van der Waals surface area contributed by atoms with Crippen LogP contribution < -0.4 is 5.32 Å². The topological polar surface area (TPSA) is 79.0 Å². The third kappa shape index (κ3) is 3.37. The molecule has 0 saturated carbocycles. The first-order chi connectivity index (χ1) is 10.0. The molecule has 0 aliphatic heterocycles. The summed E-state index contributed by atoms with van der Waals surface area (Å²) >= 11 is 0. The summed E-state index contributed by atoms with van der Waals surface area (Å²) in [5, 5.41) is 23.0. The van der Waals surface area contributed by atoms with E-state index in [-0.39, 0.29) is 17.3 Å². The molecule has 2 aromatic carbocycles. The Morgan fingerprint density at radius 2 is 1.90 bits per heavy atom. The number of hydrogen-bond donors (Lipinski definition) is 1. The Kier molecular flexibility index (Phi) is 4.19. The van der Waals surface area contributed by atoms with Gasteiger partial charge in [0.15, 0.2) is 0 Å². The Hall–Kier alpha value is -2.87. The number of aryl methyl sites for hydroxylation is 1. The zero-order chi connectivity index (χ0) is 15.4. The van der Waals surface area contributed by atoms with Crippen molar-refractivity contribution in [2.24, 2.45) is 0 Å². The molecule has 2 aromatic rings. The van der Waals surface area contributed by atoms with Crippen molar-refractivity contribution < 1.29 is 4.92 Å². The second-order valence-corrected chi connectivity index (χ2v) is 4.88. The fourth-order valence-corrected chi connectivity index (χ4v) is 2.06. The Labute approximate surface area is 123 Å². The van der Waals surface area contributed by atoms with E-state index in [4.69, 9.17) is 5.26 Å². The molecule has 1 N–H and O–H groups in total. The van der Waals surface area contributed by atoms with Crippen molar-refractivity contribution in [3.05, 3.63) is 69.3 Å². The van der Waals surface area contributed by atoms with Gasteiger partial charge in [0.05, 0.1) is 4.92 Å². The predicted molar refractivity (Wildman–Crippen MR) is 81.0 cm³/mol. The number of nitrogens with zero attached hydrogens (tertiary/aromatic N) is 2. The van der Waals surface area contributed by atoms with Crippen LogP contribution in [0.5, 0.6) is 0 Å². The van der Waals surface area contributed by atoms with Gasteiger partial charge >= 0.3 is 0 Å². The summed E-state index contributed by atoms with van der Waals surface area (Å²) in [5.41, 5.74) is 2.86. The van der Waals surface area contributed by atoms with Crippen LogP contribution in [0.4, 0.5) is 11.4 Å². The highest BCUT2D eigenvalue weighted by molar-refractivity contribution is 5.59. The Balaban J connectivity index is 2.22. The standard InChI is InChI=1S/C16H15N3O2/c1-11-3-5-13(6-4-11)12(2)18-15-7-8-16(19(20)21)14(9-15)10-17/h3-9,12,18H,1-2H3. The summed E-state index contributed by atoms with van der Waals surface area (Å²) in [7, 11) is 0. The number of anilines is 1. The van der Waals surface area contributed by atoms with Gasteiger partial charge in [-0.25, -0.2) is 0 Å². The van der Waals surface area contributed by atoms with Gasteiger partial charge in [-0.3, -0.25) is 10.1 Å². The van der Waals surface area contributed by atoms with Crippen LogP contribution in [0.2, 0.25) is 0 Å². The number of rotatable bonds is 4. The lowest BCUT2D eigenvalue weighted by Gasteiger charge is -2.16. The number of hydrogen-bond acceptors (Lipinski definition) is 4. The summed E-state index contributed by atoms with van der Waals surface area (Å²) < 4.78 is 0. The van der Waals surface area contributed by atoms with Gasteiger partial charge in [-0.15, -0.1) is 0 Å². The molecule has 1 atom stereocenters. The highest BCUT2D eigenvalue weighted by Crippen LogP contribution is 2.25. The first-order valence-electron chi connectivity index (χ1n) is 6.53. The lowest BCUT2D eigenvalue weighted by atomic mass is 10.1. The van der Waals surface area contributed by atoms with Gasteiger partial charge in [-0.1, -0.05) is 29.8 Å². The lowest BCUT2D eigenvalue weighted by molar-refractivity contribution is -0.385. The maximum absolute atomic E-state index is 10.8. The molecule has 2 rings (SSSR count). The van der Waals surface area contributed by atoms with Crippen molar-refractivity contribution in [3.63, 3.8) is 0 Å². The maximum Gasteiger partial charge on any atom is 0.287 e. The molecule has 0 aliphatic carbocycles. The number of benzene rings is 2. The molecule has 0 saturated heterocycles. The summed E-state index contributed by atoms with van der Waals surface area (Å²) in [4.78, 5) is 10.3. The molecule has 0 fully saturated rings. The minimum atomic E-state index is -0.550. The van der Waals surface area contributed by atoms with E-state index in [9.17, 15) is 10.1 Å². The zero-order valence-corrected chi connectivity index (χ0v) is 11.8. The molecule has 0 spiro atoms. The van der Waals surface area contributed by atoms with Gasteiger partial charge in [0.2, 0.25) is 0 Å². The zero-order valence-electron chi connectivity index (χ0n) is 11.8. The third-order valence-electron chi connectivity index (χ3n) is 3.27. The smallest absolute Gasteiger partial charge is 0.287 e. The molecule has 0 amide bonds. The Morgan fingerprint density at radius 3 is 2.48 bits per heavy atom. The minimum absolute atomic E-state index is 0.0404. The molecule has 0 aromatic heterocycles. The minimum Gasteiger partial charge on any atom is -0.378 e. The van der Waals surface area contributed by atoms with Crippen LogP contribution in [-0.2, 0) is 0 Å². The molecule has 5 nitrogen and oxygen atoms in total. The highest BCUT2D eigenvalue weighted by atomic mass is 16.6. The quantitative estimate of drug-likeness (QED) is 0.679. The van der Waals surface area contributed by atoms with Gasteiger partial charge in [-0.2, -0.15) is 5.26 Å². The van der Waals surface area contributed by atoms with Gasteiger partial charge in [0.25, 0.3) is 5.69 Å². The van der Waals surface area contributed by atoms with E-state index in [2.05, 4.69) is 5.32 Å². The van der Waals surface area contributed by atoms with Crippen LogP contribution >= 0.6 is 0 Å². The van der Waals surface area contributed by atoms with Crippen molar-refractivity contribution >= 4 is 11.4 Å². The normalized spacial score (nSPS) is 11.5. The largest absolute Gasteiger partial charge is 0.378 e. The van der Waals surface area contributed by atoms with E-state index in [0.717, 1.165) is 5.56 Å². The third-order valence-corrected chi connectivity index (χ3v) is 3.27. The van der Waals surface area contributed by atoms with Gasteiger partial charge in [0, 0.05) is 17.8 Å². The van der Waals surface area contributed by atoms with Crippen LogP contribution in [0.3, 0.4) is 0 Å². The van der Waals surface area contributed by atoms with Crippen LogP contribution in [0.15, 0.2) is 42.5 Å². The average molecular weight is 281 g/mol. The van der Waals surface area contributed by atoms with Crippen LogP contribution in [-0.4, -0.2) is 4.92 Å². The molecule has 0 bridgehead atoms. The summed E-state index contributed by atoms with van der Waals surface area (Å²) in [6, 6.07) is 14.5. The molecule has 21 heavy (non-hydrogen) atoms. The van der Waals surface area contributed by atoms with Gasteiger partial charge in [-0.05, 0) is 31.5 Å². The first-order valence-corrected chi connectivity index (χ1v) is 6.53. The maximum atomic E-state index is 10.8. The average Bonchev–Trinajstić information content (AvgIpc) is 2.47. The number of nitro benzene ring substituents is 1. The first kappa shape index (κ1) is 14.5. The highest BCUT2D eigenvalue weighted by Gasteiger charge is 2.14. The van der Waals surface area contributed by atoms with Gasteiger partial charge in [0.1, 0.15) is 11.6 Å². The van der Waals surface area contributed by atoms with Crippen molar-refractivity contribution in [2.45, 2.75) is 19.9 Å². The van der Waals surface area contributed by atoms with Crippen LogP contribution in [0.25, 0.3) is 0 Å². The second-order valence-electron chi connectivity index (χ2n) is 4.88. The van der Waals surface area contributed by atoms with Crippen molar-refractivity contribution in [3.8, 4) is 6.07 Å². The predicted octanol–water partition coefficient (Wildman–Crippen LogP) is 3.95. The van der Waals surface area contributed by atoms with E-state index in [1.165, 1.54) is 17.7 Å². The van der Waals surface area contributed by atoms with Gasteiger partial charge < -0.3 is 5.32 Å². The van der Waals surface area contributed by atoms with Crippen molar-refractivity contribution in [1.29, 1.82) is 5.26 Å². The number of nitro groups is 1. The SMILES string of the molecule is Cc1ccc(C(C)Nc2ccc([N+](=O)[O-])c(C#N)c2)cc1. The Morgan fingerprint density at radius 1 is 1.24 bits per heavy atom. The fourth-order valence-electron chi connectivity index (χ4n) is 2.06. The molecule has 106 valence electrons. The molecular formula is C16H15N3O2. The molecule has 0 heterocycles. The Bertz CT molecular complexity index is 702. The molecule has 0 aliphatic rings. The van der Waals surface area contributed by atoms with E-state index < -0.39 is 4.92 Å². The van der Waals surface area contributed by atoms with Crippen molar-refractivity contribution in [2.75, 3.05) is 5.32 Å². The van der Waals surface area contributed by atoms with E-state index in [1.54, 1.807) is 6.07 Å². The van der Waals surface area contributed by atoms with E-state index in [0.29, 0.717) is 5.69 Å². The molecule has 5 heteroatoms. The molecule has 0 radical (unpaired) electrons. The van der Waals surface area contributed by atoms with Crippen LogP contribution in [0, 0.1) is 28.4 Å². The van der Waals surface area contributed by atoms with E-state index >= 15 is 0 Å². The van der Waals surface area contributed by atoms with E-state index in [1.807, 2.05) is 44.2 Å². The summed E-state index contributed by atoms with van der Waals surface area (Å²) in [6.45, 7) is 4.02. The van der Waals surface area contributed by atoms with Crippen LogP contribution in [0.1, 0.15) is 29.7 Å². The lowest BCUT2D eigenvalue weighted by Crippen LogP contribution is -2.07. The molecular weight excluding hydrogens is 266 g/mol. The van der Waals surface area contributed by atoms with Crippen molar-refractivity contribution in [1.82, 2.24) is 0 Å². The number of nitriles is 1. The number of nitrogens with one attached hydrogen (secondary N) is 1. The summed E-state index contributed by atoms with van der Waals surface area (Å²) in [6.07, 6.45) is 0. The fraction of sp³-hybridized carbons (Fsp3) is 0.188. The molecule has 1 unspecified atom stereocenters. The summed E-state index contributed by atoms with van der Waals surface area (Å²) in [5.74, 6) is 0. The second kappa shape index (κ2) is 6.06.